The molecule has 3 heteroatoms. The third-order valence-corrected chi connectivity index (χ3v) is 2.98. The van der Waals surface area contributed by atoms with E-state index in [1.165, 1.54) is 0 Å². The lowest BCUT2D eigenvalue weighted by Crippen LogP contribution is -2.45. The highest BCUT2D eigenvalue weighted by atomic mass is 16.1. The van der Waals surface area contributed by atoms with Gasteiger partial charge in [-0.25, -0.2) is 0 Å². The Morgan fingerprint density at radius 1 is 1.12 bits per heavy atom. The van der Waals surface area contributed by atoms with Crippen molar-refractivity contribution in [2.24, 2.45) is 17.6 Å². The van der Waals surface area contributed by atoms with E-state index in [1.807, 2.05) is 0 Å². The number of nitrogens with one attached hydrogen (secondary N) is 1. The fourth-order valence-corrected chi connectivity index (χ4v) is 2.10. The molecule has 0 aliphatic rings. The number of nitrogens with two attached hydrogens (primary N) is 1. The van der Waals surface area contributed by atoms with Gasteiger partial charge in [-0.1, -0.05) is 34.1 Å². The number of carbonyl (C=O) groups is 1. The lowest BCUT2D eigenvalue weighted by atomic mass is 9.92. The average molecular weight is 228 g/mol. The molecule has 0 aliphatic carbocycles. The van der Waals surface area contributed by atoms with Crippen molar-refractivity contribution in [3.8, 4) is 0 Å². The van der Waals surface area contributed by atoms with Gasteiger partial charge in [0, 0.05) is 6.04 Å². The van der Waals surface area contributed by atoms with E-state index in [1.54, 1.807) is 0 Å². The standard InChI is InChI=1S/C13H28N2O/c1-10(2)13(11(3)4)15-12(9-16)7-5-6-8-14/h9-13,15H,5-8,14H2,1-4H3/t12-/m0/s1. The minimum absolute atomic E-state index is 0.0126. The minimum atomic E-state index is -0.0126. The Labute approximate surface area is 100 Å². The predicted molar refractivity (Wildman–Crippen MR) is 69.4 cm³/mol. The van der Waals surface area contributed by atoms with Crippen molar-refractivity contribution >= 4 is 6.29 Å². The second-order valence-electron chi connectivity index (χ2n) is 5.21. The van der Waals surface area contributed by atoms with Crippen molar-refractivity contribution in [2.75, 3.05) is 6.54 Å². The molecule has 3 nitrogen and oxygen atoms in total. The number of rotatable bonds is 9. The van der Waals surface area contributed by atoms with Gasteiger partial charge < -0.3 is 15.8 Å². The molecule has 1 atom stereocenters. The quantitative estimate of drug-likeness (QED) is 0.468. The van der Waals surface area contributed by atoms with Crippen LogP contribution < -0.4 is 11.1 Å². The summed E-state index contributed by atoms with van der Waals surface area (Å²) in [5.74, 6) is 1.11. The van der Waals surface area contributed by atoms with E-state index in [4.69, 9.17) is 5.73 Å². The largest absolute Gasteiger partial charge is 0.330 e. The molecule has 0 unspecified atom stereocenters. The number of hydrogen-bond acceptors (Lipinski definition) is 3. The molecule has 0 saturated heterocycles. The number of hydrogen-bond donors (Lipinski definition) is 2. The lowest BCUT2D eigenvalue weighted by molar-refractivity contribution is -0.110. The Hall–Kier alpha value is -0.410. The summed E-state index contributed by atoms with van der Waals surface area (Å²) in [6.07, 6.45) is 3.96. The molecule has 0 aromatic rings. The van der Waals surface area contributed by atoms with Crippen LogP contribution in [0.25, 0.3) is 0 Å². The van der Waals surface area contributed by atoms with E-state index < -0.39 is 0 Å². The summed E-state index contributed by atoms with van der Waals surface area (Å²) < 4.78 is 0. The van der Waals surface area contributed by atoms with Gasteiger partial charge in [0.05, 0.1) is 6.04 Å². The summed E-state index contributed by atoms with van der Waals surface area (Å²) in [5.41, 5.74) is 5.45. The van der Waals surface area contributed by atoms with Gasteiger partial charge in [-0.3, -0.25) is 0 Å². The van der Waals surface area contributed by atoms with Crippen molar-refractivity contribution in [3.63, 3.8) is 0 Å². The van der Waals surface area contributed by atoms with Crippen LogP contribution in [0, 0.1) is 11.8 Å². The molecule has 0 aromatic heterocycles. The van der Waals surface area contributed by atoms with Gasteiger partial charge in [0.1, 0.15) is 6.29 Å². The number of carbonyl (C=O) groups excluding carboxylic acids is 1. The van der Waals surface area contributed by atoms with Gasteiger partial charge in [-0.2, -0.15) is 0 Å². The maximum Gasteiger partial charge on any atom is 0.136 e. The van der Waals surface area contributed by atoms with Gasteiger partial charge in [0.15, 0.2) is 0 Å². The summed E-state index contributed by atoms with van der Waals surface area (Å²) in [5, 5.41) is 3.45. The molecule has 96 valence electrons. The minimum Gasteiger partial charge on any atom is -0.330 e. The molecule has 0 aliphatic heterocycles. The Morgan fingerprint density at radius 3 is 2.06 bits per heavy atom. The van der Waals surface area contributed by atoms with E-state index in [2.05, 4.69) is 33.0 Å². The molecule has 0 radical (unpaired) electrons. The molecule has 16 heavy (non-hydrogen) atoms. The van der Waals surface area contributed by atoms with Crippen molar-refractivity contribution < 1.29 is 4.79 Å². The van der Waals surface area contributed by atoms with Gasteiger partial charge >= 0.3 is 0 Å². The van der Waals surface area contributed by atoms with E-state index >= 15 is 0 Å². The summed E-state index contributed by atoms with van der Waals surface area (Å²) in [4.78, 5) is 11.0. The molecule has 0 saturated carbocycles. The SMILES string of the molecule is CC(C)C(N[C@H](C=O)CCCCN)C(C)C. The van der Waals surface area contributed by atoms with E-state index in [9.17, 15) is 4.79 Å². The summed E-state index contributed by atoms with van der Waals surface area (Å²) in [6, 6.07) is 0.398. The van der Waals surface area contributed by atoms with Crippen molar-refractivity contribution in [1.29, 1.82) is 0 Å². The fraction of sp³-hybridized carbons (Fsp3) is 0.923. The zero-order valence-corrected chi connectivity index (χ0v) is 11.2. The first-order valence-electron chi connectivity index (χ1n) is 6.44. The van der Waals surface area contributed by atoms with Gasteiger partial charge in [0.25, 0.3) is 0 Å². The predicted octanol–water partition coefficient (Wildman–Crippen LogP) is 1.95. The van der Waals surface area contributed by atoms with Crippen molar-refractivity contribution in [1.82, 2.24) is 5.32 Å². The molecule has 0 amide bonds. The molecule has 0 aromatic carbocycles. The van der Waals surface area contributed by atoms with Gasteiger partial charge in [-0.15, -0.1) is 0 Å². The molecule has 0 fully saturated rings. The highest BCUT2D eigenvalue weighted by Gasteiger charge is 2.20. The zero-order valence-electron chi connectivity index (χ0n) is 11.2. The Morgan fingerprint density at radius 2 is 1.69 bits per heavy atom. The Bertz CT molecular complexity index is 173. The van der Waals surface area contributed by atoms with Crippen LogP contribution in [0.5, 0.6) is 0 Å². The average Bonchev–Trinajstić information content (AvgIpc) is 2.22. The molecular formula is C13H28N2O. The third kappa shape index (κ3) is 6.23. The Kier molecular flexibility index (Phi) is 8.49. The molecule has 0 rings (SSSR count). The van der Waals surface area contributed by atoms with E-state index in [0.717, 1.165) is 25.5 Å². The maximum atomic E-state index is 11.0. The van der Waals surface area contributed by atoms with Crippen LogP contribution in [-0.2, 0) is 4.79 Å². The molecule has 0 spiro atoms. The normalized spacial score (nSPS) is 13.8. The second kappa shape index (κ2) is 8.71. The molecule has 3 N–H and O–H groups in total. The van der Waals surface area contributed by atoms with Crippen molar-refractivity contribution in [2.45, 2.75) is 59.0 Å². The van der Waals surface area contributed by atoms with E-state index in [-0.39, 0.29) is 6.04 Å². The number of unbranched alkanes of at least 4 members (excludes halogenated alkanes) is 1. The van der Waals surface area contributed by atoms with Crippen LogP contribution in [0.4, 0.5) is 0 Å². The molecule has 0 bridgehead atoms. The van der Waals surface area contributed by atoms with Gasteiger partial charge in [0.2, 0.25) is 0 Å². The van der Waals surface area contributed by atoms with Crippen LogP contribution in [0.1, 0.15) is 47.0 Å². The summed E-state index contributed by atoms with van der Waals surface area (Å²) in [7, 11) is 0. The highest BCUT2D eigenvalue weighted by Crippen LogP contribution is 2.13. The fourth-order valence-electron chi connectivity index (χ4n) is 2.10. The zero-order chi connectivity index (χ0) is 12.6. The van der Waals surface area contributed by atoms with Crippen LogP contribution in [0.2, 0.25) is 0 Å². The topological polar surface area (TPSA) is 55.1 Å². The summed E-state index contributed by atoms with van der Waals surface area (Å²) in [6.45, 7) is 9.49. The monoisotopic (exact) mass is 228 g/mol. The first kappa shape index (κ1) is 15.6. The highest BCUT2D eigenvalue weighted by molar-refractivity contribution is 5.57. The lowest BCUT2D eigenvalue weighted by Gasteiger charge is -2.29. The van der Waals surface area contributed by atoms with Crippen LogP contribution in [0.15, 0.2) is 0 Å². The maximum absolute atomic E-state index is 11.0. The third-order valence-electron chi connectivity index (χ3n) is 2.98. The molecule has 0 heterocycles. The van der Waals surface area contributed by atoms with Gasteiger partial charge in [-0.05, 0) is 31.2 Å². The number of aldehydes is 1. The smallest absolute Gasteiger partial charge is 0.136 e. The molecular weight excluding hydrogens is 200 g/mol. The van der Waals surface area contributed by atoms with Crippen LogP contribution >= 0.6 is 0 Å². The van der Waals surface area contributed by atoms with Crippen LogP contribution in [-0.4, -0.2) is 24.9 Å². The second-order valence-corrected chi connectivity index (χ2v) is 5.21. The van der Waals surface area contributed by atoms with Crippen molar-refractivity contribution in [3.05, 3.63) is 0 Å². The first-order chi connectivity index (χ1) is 7.52. The summed E-state index contributed by atoms with van der Waals surface area (Å²) >= 11 is 0. The van der Waals surface area contributed by atoms with Crippen LogP contribution in [0.3, 0.4) is 0 Å². The van der Waals surface area contributed by atoms with E-state index in [0.29, 0.717) is 24.4 Å². The Balaban J connectivity index is 4.11. The first-order valence-corrected chi connectivity index (χ1v) is 6.44.